The van der Waals surface area contributed by atoms with Gasteiger partial charge in [-0.3, -0.25) is 24.0 Å². The highest BCUT2D eigenvalue weighted by molar-refractivity contribution is 6.38. The lowest BCUT2D eigenvalue weighted by molar-refractivity contribution is -0.149. The zero-order chi connectivity index (χ0) is 35.6. The SMILES string of the molecule is CCC[C@H](NC(=O)[C@@H]1C[C@]2(CC(c3cccc(Cl)c3)=NO2)CN1C(=O)[C@@H](NC(=O)CC1(C)CCOCC1)C(C)(C)C)C(=O)C(=O)N1CCC1. The molecule has 2 N–H and O–H groups in total. The number of rotatable bonds is 11. The number of carbonyl (C=O) groups excluding carboxylic acids is 5. The number of halogens is 1. The van der Waals surface area contributed by atoms with Gasteiger partial charge in [0.1, 0.15) is 12.1 Å². The van der Waals surface area contributed by atoms with Gasteiger partial charge in [-0.2, -0.15) is 0 Å². The maximum atomic E-state index is 14.6. The van der Waals surface area contributed by atoms with Crippen molar-refractivity contribution in [1.29, 1.82) is 0 Å². The van der Waals surface area contributed by atoms with Crippen LogP contribution in [0.3, 0.4) is 0 Å². The number of likely N-dealkylation sites (tertiary alicyclic amines) is 2. The Morgan fingerprint density at radius 3 is 2.43 bits per heavy atom. The van der Waals surface area contributed by atoms with Gasteiger partial charge >= 0.3 is 0 Å². The molecule has 4 heterocycles. The van der Waals surface area contributed by atoms with Crippen molar-refractivity contribution >= 4 is 46.7 Å². The van der Waals surface area contributed by atoms with E-state index in [0.717, 1.165) is 24.8 Å². The molecule has 1 spiro atoms. The topological polar surface area (TPSA) is 147 Å². The van der Waals surface area contributed by atoms with E-state index in [0.29, 0.717) is 49.9 Å². The van der Waals surface area contributed by atoms with Crippen LogP contribution < -0.4 is 10.6 Å². The van der Waals surface area contributed by atoms with Crippen molar-refractivity contribution in [3.63, 3.8) is 0 Å². The lowest BCUT2D eigenvalue weighted by Gasteiger charge is -2.37. The molecule has 0 radical (unpaired) electrons. The molecule has 4 aliphatic rings. The van der Waals surface area contributed by atoms with Crippen LogP contribution in [0.15, 0.2) is 29.4 Å². The zero-order valence-corrected chi connectivity index (χ0v) is 30.1. The number of oxime groups is 1. The lowest BCUT2D eigenvalue weighted by atomic mass is 9.78. The van der Waals surface area contributed by atoms with Crippen molar-refractivity contribution in [3.8, 4) is 0 Å². The van der Waals surface area contributed by atoms with Gasteiger partial charge in [0.2, 0.25) is 23.5 Å². The second-order valence-electron chi connectivity index (χ2n) is 15.5. The molecular weight excluding hydrogens is 650 g/mol. The highest BCUT2D eigenvalue weighted by Crippen LogP contribution is 2.40. The van der Waals surface area contributed by atoms with E-state index in [1.165, 1.54) is 9.80 Å². The number of amides is 4. The van der Waals surface area contributed by atoms with Crippen LogP contribution in [0.25, 0.3) is 0 Å². The molecule has 268 valence electrons. The van der Waals surface area contributed by atoms with Crippen LogP contribution in [-0.2, 0) is 33.5 Å². The summed E-state index contributed by atoms with van der Waals surface area (Å²) in [6.07, 6.45) is 3.83. The molecule has 0 aromatic heterocycles. The van der Waals surface area contributed by atoms with E-state index < -0.39 is 52.6 Å². The Balaban J connectivity index is 1.40. The average Bonchev–Trinajstić information content (AvgIpc) is 3.61. The van der Waals surface area contributed by atoms with Gasteiger partial charge in [-0.15, -0.1) is 0 Å². The van der Waals surface area contributed by atoms with E-state index in [4.69, 9.17) is 21.2 Å². The fourth-order valence-corrected chi connectivity index (χ4v) is 7.25. The monoisotopic (exact) mass is 699 g/mol. The predicted molar refractivity (Wildman–Crippen MR) is 184 cm³/mol. The van der Waals surface area contributed by atoms with E-state index in [-0.39, 0.29) is 37.1 Å². The fraction of sp³-hybridized carbons (Fsp3) is 0.667. The summed E-state index contributed by atoms with van der Waals surface area (Å²) in [5.41, 5.74) is -0.554. The molecule has 12 nitrogen and oxygen atoms in total. The second-order valence-corrected chi connectivity index (χ2v) is 15.9. The highest BCUT2D eigenvalue weighted by Gasteiger charge is 2.56. The average molecular weight is 700 g/mol. The molecule has 0 bridgehead atoms. The summed E-state index contributed by atoms with van der Waals surface area (Å²) < 4.78 is 5.50. The molecular formula is C36H50ClN5O7. The van der Waals surface area contributed by atoms with Crippen LogP contribution in [0.1, 0.15) is 91.5 Å². The first-order chi connectivity index (χ1) is 23.1. The summed E-state index contributed by atoms with van der Waals surface area (Å²) in [5, 5.41) is 10.7. The smallest absolute Gasteiger partial charge is 0.292 e. The molecule has 13 heteroatoms. The molecule has 1 aromatic carbocycles. The van der Waals surface area contributed by atoms with Crippen molar-refractivity contribution in [3.05, 3.63) is 34.9 Å². The van der Waals surface area contributed by atoms with Crippen LogP contribution in [0.4, 0.5) is 0 Å². The van der Waals surface area contributed by atoms with E-state index in [2.05, 4.69) is 22.7 Å². The number of ether oxygens (including phenoxy) is 1. The maximum Gasteiger partial charge on any atom is 0.292 e. The third-order valence-electron chi connectivity index (χ3n) is 10.3. The Bertz CT molecular complexity index is 1480. The van der Waals surface area contributed by atoms with Crippen LogP contribution >= 0.6 is 11.6 Å². The van der Waals surface area contributed by atoms with Gasteiger partial charge in [-0.05, 0) is 48.6 Å². The molecule has 1 aromatic rings. The van der Waals surface area contributed by atoms with Crippen molar-refractivity contribution in [2.24, 2.45) is 16.0 Å². The van der Waals surface area contributed by atoms with Crippen LogP contribution in [0.5, 0.6) is 0 Å². The number of benzene rings is 1. The van der Waals surface area contributed by atoms with Crippen molar-refractivity contribution < 1.29 is 33.5 Å². The number of Topliss-reactive ketones (excluding diaryl/α,β-unsaturated/α-hetero) is 1. The zero-order valence-electron chi connectivity index (χ0n) is 29.3. The molecule has 3 saturated heterocycles. The largest absolute Gasteiger partial charge is 0.387 e. The molecule has 0 aliphatic carbocycles. The Morgan fingerprint density at radius 1 is 1.10 bits per heavy atom. The number of nitrogens with zero attached hydrogens (tertiary/aromatic N) is 3. The Hall–Kier alpha value is -3.51. The minimum absolute atomic E-state index is 0.0358. The first-order valence-electron chi connectivity index (χ1n) is 17.5. The summed E-state index contributed by atoms with van der Waals surface area (Å²) >= 11 is 6.25. The van der Waals surface area contributed by atoms with Gasteiger partial charge in [0.15, 0.2) is 5.60 Å². The molecule has 0 saturated carbocycles. The molecule has 0 unspecified atom stereocenters. The van der Waals surface area contributed by atoms with E-state index in [1.54, 1.807) is 12.1 Å². The van der Waals surface area contributed by atoms with Gasteiger partial charge in [0.05, 0.1) is 18.3 Å². The van der Waals surface area contributed by atoms with E-state index in [1.807, 2.05) is 39.8 Å². The number of hydrogen-bond donors (Lipinski definition) is 2. The summed E-state index contributed by atoms with van der Waals surface area (Å²) in [6.45, 7) is 11.8. The summed E-state index contributed by atoms with van der Waals surface area (Å²) in [4.78, 5) is 77.4. The van der Waals surface area contributed by atoms with E-state index in [9.17, 15) is 24.0 Å². The minimum atomic E-state index is -1.04. The van der Waals surface area contributed by atoms with E-state index >= 15 is 0 Å². The molecule has 4 amide bonds. The molecule has 4 atom stereocenters. The number of ketones is 1. The fourth-order valence-electron chi connectivity index (χ4n) is 7.06. The Morgan fingerprint density at radius 2 is 1.82 bits per heavy atom. The quantitative estimate of drug-likeness (QED) is 0.336. The second kappa shape index (κ2) is 14.8. The first kappa shape index (κ1) is 36.8. The summed E-state index contributed by atoms with van der Waals surface area (Å²) in [5.74, 6) is -2.49. The summed E-state index contributed by atoms with van der Waals surface area (Å²) in [6, 6.07) is 4.21. The van der Waals surface area contributed by atoms with Gasteiger partial charge in [0, 0.05) is 56.2 Å². The minimum Gasteiger partial charge on any atom is -0.387 e. The van der Waals surface area contributed by atoms with Gasteiger partial charge in [-0.25, -0.2) is 0 Å². The van der Waals surface area contributed by atoms with Gasteiger partial charge < -0.3 is 30.0 Å². The standard InChI is InChI=1S/C36H50ClN5O7/c1-6-9-25(29(44)32(46)41-14-8-15-41)38-31(45)27-20-36(19-26(40-49-36)23-10-7-11-24(37)18-23)22-42(27)33(47)30(34(2,3)4)39-28(43)21-35(5)12-16-48-17-13-35/h7,10-11,18,25,27,30H,6,8-9,12-17,19-22H2,1-5H3,(H,38,45)(H,39,43)/t25-,27-,30+,36+/m0/s1. The normalized spacial score (nSPS) is 24.4. The van der Waals surface area contributed by atoms with Crippen molar-refractivity contribution in [2.75, 3.05) is 32.8 Å². The van der Waals surface area contributed by atoms with Gasteiger partial charge in [-0.1, -0.05) is 69.9 Å². The number of carbonyl (C=O) groups is 5. The third kappa shape index (κ3) is 8.45. The third-order valence-corrected chi connectivity index (χ3v) is 10.5. The number of nitrogens with one attached hydrogen (secondary N) is 2. The van der Waals surface area contributed by atoms with Crippen LogP contribution in [-0.4, -0.2) is 101 Å². The molecule has 4 aliphatic heterocycles. The molecule has 5 rings (SSSR count). The molecule has 3 fully saturated rings. The lowest BCUT2D eigenvalue weighted by Crippen LogP contribution is -2.59. The van der Waals surface area contributed by atoms with Crippen molar-refractivity contribution in [1.82, 2.24) is 20.4 Å². The van der Waals surface area contributed by atoms with Gasteiger partial charge in [0.25, 0.3) is 5.91 Å². The van der Waals surface area contributed by atoms with Crippen molar-refractivity contribution in [2.45, 2.75) is 110 Å². The first-order valence-corrected chi connectivity index (χ1v) is 17.8. The Labute approximate surface area is 293 Å². The summed E-state index contributed by atoms with van der Waals surface area (Å²) in [7, 11) is 0. The Kier molecular flexibility index (Phi) is 11.1. The van der Waals surface area contributed by atoms with Crippen LogP contribution in [0.2, 0.25) is 5.02 Å². The molecule has 49 heavy (non-hydrogen) atoms. The van der Waals surface area contributed by atoms with Crippen LogP contribution in [0, 0.1) is 10.8 Å². The maximum absolute atomic E-state index is 14.6. The highest BCUT2D eigenvalue weighted by atomic mass is 35.5. The number of hydrogen-bond acceptors (Lipinski definition) is 8. The predicted octanol–water partition coefficient (Wildman–Crippen LogP) is 3.63.